The standard InChI is InChI=1S/C28H40O8/c1-13(2)16(5)24(33)35-12-18-9-19-20-25(7,8)27(20,36-17(6)29)11-15(4)26(23(19)32)10-14(3)21(30)28(26,34)22(18)31/h9-10,13,15-16,19-22,30-31,34H,11-12H2,1-8H3/t15?,16?,19-,20+,21-,22+,26?,27-,28+/m0/s1. The number of Topliss-reactive ketones (excluding diaryl/α,β-unsaturated/α-hetero) is 1. The minimum Gasteiger partial charge on any atom is -0.461 e. The van der Waals surface area contributed by atoms with E-state index in [1.807, 2.05) is 27.7 Å². The number of hydrogen-bond donors (Lipinski definition) is 3. The van der Waals surface area contributed by atoms with Crippen LogP contribution in [-0.4, -0.2) is 63.1 Å². The van der Waals surface area contributed by atoms with Crippen LogP contribution in [0.15, 0.2) is 23.3 Å². The lowest BCUT2D eigenvalue weighted by atomic mass is 9.59. The van der Waals surface area contributed by atoms with Gasteiger partial charge in [-0.25, -0.2) is 0 Å². The SMILES string of the molecule is CC(=O)O[C@@]12CC(C)C34C=C(C)[C@H](O)[C@@]3(O)[C@H](O)C(COC(=O)C(C)C(C)C)=C[C@H](C4=O)[C@@H]1C2(C)C. The number of allylic oxidation sites excluding steroid dienone is 1. The number of fused-ring (bicyclic) bond motifs is 3. The van der Waals surface area contributed by atoms with Gasteiger partial charge in [0.05, 0.1) is 11.3 Å². The molecule has 3 N–H and O–H groups in total. The first-order chi connectivity index (χ1) is 16.5. The van der Waals surface area contributed by atoms with Gasteiger partial charge in [-0.1, -0.05) is 53.7 Å². The zero-order valence-electron chi connectivity index (χ0n) is 22.5. The first-order valence-corrected chi connectivity index (χ1v) is 12.9. The minimum atomic E-state index is -2.26. The Hall–Kier alpha value is -2.03. The molecular weight excluding hydrogens is 464 g/mol. The van der Waals surface area contributed by atoms with Crippen molar-refractivity contribution in [3.05, 3.63) is 23.3 Å². The van der Waals surface area contributed by atoms with Crippen molar-refractivity contribution in [1.29, 1.82) is 0 Å². The van der Waals surface area contributed by atoms with Crippen molar-refractivity contribution >= 4 is 17.7 Å². The lowest BCUT2D eigenvalue weighted by Crippen LogP contribution is -2.65. The first kappa shape index (κ1) is 27.0. The Kier molecular flexibility index (Phi) is 6.18. The normalized spacial score (nSPS) is 43.3. The summed E-state index contributed by atoms with van der Waals surface area (Å²) in [6, 6.07) is 0. The maximum absolute atomic E-state index is 14.4. The number of aliphatic hydroxyl groups is 3. The molecule has 0 saturated heterocycles. The average Bonchev–Trinajstić information content (AvgIpc) is 3.19. The molecule has 36 heavy (non-hydrogen) atoms. The fourth-order valence-electron chi connectivity index (χ4n) is 7.53. The molecule has 200 valence electrons. The molecule has 4 rings (SSSR count). The Morgan fingerprint density at radius 1 is 1.17 bits per heavy atom. The van der Waals surface area contributed by atoms with Gasteiger partial charge in [-0.15, -0.1) is 0 Å². The number of carbonyl (C=O) groups excluding carboxylic acids is 3. The maximum Gasteiger partial charge on any atom is 0.309 e. The van der Waals surface area contributed by atoms with Crippen LogP contribution >= 0.6 is 0 Å². The average molecular weight is 505 g/mol. The van der Waals surface area contributed by atoms with Crippen LogP contribution in [0.5, 0.6) is 0 Å². The molecule has 0 amide bonds. The van der Waals surface area contributed by atoms with Crippen LogP contribution in [0.2, 0.25) is 0 Å². The Bertz CT molecular complexity index is 1060. The zero-order chi connectivity index (χ0) is 27.2. The van der Waals surface area contributed by atoms with Crippen molar-refractivity contribution in [3.63, 3.8) is 0 Å². The molecule has 2 fully saturated rings. The van der Waals surface area contributed by atoms with Crippen LogP contribution in [0.4, 0.5) is 0 Å². The molecule has 0 aromatic carbocycles. The van der Waals surface area contributed by atoms with Crippen molar-refractivity contribution < 1.29 is 39.2 Å². The number of esters is 2. The lowest BCUT2D eigenvalue weighted by molar-refractivity contribution is -0.192. The summed E-state index contributed by atoms with van der Waals surface area (Å²) in [5.41, 5.74) is -4.79. The van der Waals surface area contributed by atoms with E-state index in [1.54, 1.807) is 32.9 Å². The van der Waals surface area contributed by atoms with Crippen LogP contribution in [0.1, 0.15) is 61.8 Å². The molecule has 4 aliphatic rings. The molecule has 4 aliphatic carbocycles. The molecule has 2 saturated carbocycles. The molecule has 2 bridgehead atoms. The predicted octanol–water partition coefficient (Wildman–Crippen LogP) is 2.34. The van der Waals surface area contributed by atoms with Gasteiger partial charge in [0.15, 0.2) is 5.78 Å². The number of ketones is 1. The van der Waals surface area contributed by atoms with Gasteiger partial charge in [0.25, 0.3) is 0 Å². The summed E-state index contributed by atoms with van der Waals surface area (Å²) in [5, 5.41) is 34.9. The Balaban J connectivity index is 1.87. The number of ether oxygens (including phenoxy) is 2. The number of aliphatic hydroxyl groups excluding tert-OH is 2. The third-order valence-corrected chi connectivity index (χ3v) is 9.95. The van der Waals surface area contributed by atoms with Crippen LogP contribution in [-0.2, 0) is 23.9 Å². The second-order valence-electron chi connectivity index (χ2n) is 12.4. The fourth-order valence-corrected chi connectivity index (χ4v) is 7.53. The molecular formula is C28H40O8. The van der Waals surface area contributed by atoms with E-state index in [1.165, 1.54) is 6.92 Å². The van der Waals surface area contributed by atoms with Crippen molar-refractivity contribution in [2.75, 3.05) is 6.61 Å². The van der Waals surface area contributed by atoms with Gasteiger partial charge >= 0.3 is 11.9 Å². The highest BCUT2D eigenvalue weighted by Crippen LogP contribution is 2.75. The number of rotatable bonds is 5. The second-order valence-corrected chi connectivity index (χ2v) is 12.4. The van der Waals surface area contributed by atoms with E-state index in [9.17, 15) is 29.7 Å². The molecule has 0 radical (unpaired) electrons. The van der Waals surface area contributed by atoms with Crippen LogP contribution in [0.3, 0.4) is 0 Å². The highest BCUT2D eigenvalue weighted by atomic mass is 16.6. The molecule has 1 spiro atoms. The van der Waals surface area contributed by atoms with Crippen LogP contribution in [0.25, 0.3) is 0 Å². The van der Waals surface area contributed by atoms with E-state index in [-0.39, 0.29) is 29.8 Å². The number of hydrogen-bond acceptors (Lipinski definition) is 8. The topological polar surface area (TPSA) is 130 Å². The van der Waals surface area contributed by atoms with Gasteiger partial charge in [0, 0.05) is 24.2 Å². The monoisotopic (exact) mass is 504 g/mol. The molecule has 0 aromatic heterocycles. The van der Waals surface area contributed by atoms with Crippen molar-refractivity contribution in [1.82, 2.24) is 0 Å². The van der Waals surface area contributed by atoms with Gasteiger partial charge in [-0.2, -0.15) is 0 Å². The smallest absolute Gasteiger partial charge is 0.309 e. The summed E-state index contributed by atoms with van der Waals surface area (Å²) in [5.74, 6) is -3.36. The van der Waals surface area contributed by atoms with E-state index in [0.29, 0.717) is 12.0 Å². The van der Waals surface area contributed by atoms with E-state index in [0.717, 1.165) is 0 Å². The summed E-state index contributed by atoms with van der Waals surface area (Å²) in [6.45, 7) is 13.9. The van der Waals surface area contributed by atoms with Crippen molar-refractivity contribution in [2.45, 2.75) is 85.2 Å². The molecule has 8 heteroatoms. The fraction of sp³-hybridized carbons (Fsp3) is 0.750. The Morgan fingerprint density at radius 2 is 1.78 bits per heavy atom. The second kappa shape index (κ2) is 8.23. The van der Waals surface area contributed by atoms with Crippen molar-refractivity contribution in [2.24, 2.45) is 40.4 Å². The predicted molar refractivity (Wildman–Crippen MR) is 130 cm³/mol. The van der Waals surface area contributed by atoms with E-state index in [4.69, 9.17) is 9.47 Å². The Labute approximate surface area is 212 Å². The minimum absolute atomic E-state index is 0.0447. The van der Waals surface area contributed by atoms with Crippen molar-refractivity contribution in [3.8, 4) is 0 Å². The van der Waals surface area contributed by atoms with E-state index < -0.39 is 63.9 Å². The third-order valence-electron chi connectivity index (χ3n) is 9.95. The molecule has 0 heterocycles. The summed E-state index contributed by atoms with van der Waals surface area (Å²) in [6.07, 6.45) is 0.330. The highest BCUT2D eigenvalue weighted by Gasteiger charge is 2.83. The first-order valence-electron chi connectivity index (χ1n) is 12.9. The van der Waals surface area contributed by atoms with E-state index in [2.05, 4.69) is 0 Å². The summed E-state index contributed by atoms with van der Waals surface area (Å²) >= 11 is 0. The highest BCUT2D eigenvalue weighted by molar-refractivity contribution is 5.95. The molecule has 0 aromatic rings. The summed E-state index contributed by atoms with van der Waals surface area (Å²) in [7, 11) is 0. The summed E-state index contributed by atoms with van der Waals surface area (Å²) in [4.78, 5) is 39.2. The zero-order valence-corrected chi connectivity index (χ0v) is 22.5. The van der Waals surface area contributed by atoms with E-state index >= 15 is 0 Å². The molecule has 8 nitrogen and oxygen atoms in total. The molecule has 0 aliphatic heterocycles. The van der Waals surface area contributed by atoms with Gasteiger partial charge in [0.1, 0.15) is 30.0 Å². The van der Waals surface area contributed by atoms with Crippen LogP contribution < -0.4 is 0 Å². The van der Waals surface area contributed by atoms with Crippen LogP contribution in [0, 0.1) is 40.4 Å². The Morgan fingerprint density at radius 3 is 2.33 bits per heavy atom. The number of carbonyl (C=O) groups is 3. The molecule has 9 atom stereocenters. The quantitative estimate of drug-likeness (QED) is 0.384. The molecule has 3 unspecified atom stereocenters. The van der Waals surface area contributed by atoms with Gasteiger partial charge in [-0.05, 0) is 36.3 Å². The van der Waals surface area contributed by atoms with Gasteiger partial charge in [-0.3, -0.25) is 14.4 Å². The van der Waals surface area contributed by atoms with Gasteiger partial charge < -0.3 is 24.8 Å². The largest absolute Gasteiger partial charge is 0.461 e. The maximum atomic E-state index is 14.4. The summed E-state index contributed by atoms with van der Waals surface area (Å²) < 4.78 is 11.5. The lowest BCUT2D eigenvalue weighted by Gasteiger charge is -2.48. The van der Waals surface area contributed by atoms with Gasteiger partial charge in [0.2, 0.25) is 0 Å². The third kappa shape index (κ3) is 3.19.